The van der Waals surface area contributed by atoms with E-state index in [1.54, 1.807) is 31.5 Å². The Hall–Kier alpha value is -1.42. The average Bonchev–Trinajstić information content (AvgIpc) is 2.18. The minimum atomic E-state index is -0.548. The fourth-order valence-electron chi connectivity index (χ4n) is 1.24. The van der Waals surface area contributed by atoms with E-state index in [1.165, 1.54) is 0 Å². The van der Waals surface area contributed by atoms with Crippen molar-refractivity contribution in [3.8, 4) is 0 Å². The standard InChI is InChI=1S/C11H17N3O/c1-11(2,10(15)13-14(3)4)9-5-7-12-8-6-9/h5-8H,1-4H3,(H,13,15). The van der Waals surface area contributed by atoms with Gasteiger partial charge in [-0.15, -0.1) is 0 Å². The van der Waals surface area contributed by atoms with Crippen molar-refractivity contribution in [1.29, 1.82) is 0 Å². The highest BCUT2D eigenvalue weighted by Crippen LogP contribution is 2.22. The molecular formula is C11H17N3O. The lowest BCUT2D eigenvalue weighted by Gasteiger charge is -2.26. The Morgan fingerprint density at radius 2 is 1.87 bits per heavy atom. The highest BCUT2D eigenvalue weighted by atomic mass is 16.2. The van der Waals surface area contributed by atoms with Gasteiger partial charge >= 0.3 is 0 Å². The van der Waals surface area contributed by atoms with Crippen LogP contribution in [0.3, 0.4) is 0 Å². The van der Waals surface area contributed by atoms with E-state index < -0.39 is 5.41 Å². The zero-order valence-electron chi connectivity index (χ0n) is 9.61. The maximum absolute atomic E-state index is 11.9. The van der Waals surface area contributed by atoms with Crippen molar-refractivity contribution < 1.29 is 4.79 Å². The van der Waals surface area contributed by atoms with E-state index in [-0.39, 0.29) is 5.91 Å². The van der Waals surface area contributed by atoms with Crippen LogP contribution in [0.1, 0.15) is 19.4 Å². The van der Waals surface area contributed by atoms with E-state index in [0.29, 0.717) is 0 Å². The van der Waals surface area contributed by atoms with Gasteiger partial charge in [-0.05, 0) is 31.5 Å². The van der Waals surface area contributed by atoms with Crippen LogP contribution in [0, 0.1) is 0 Å². The number of nitrogens with zero attached hydrogens (tertiary/aromatic N) is 2. The molecule has 0 bridgehead atoms. The van der Waals surface area contributed by atoms with Crippen LogP contribution in [0.5, 0.6) is 0 Å². The Morgan fingerprint density at radius 1 is 1.33 bits per heavy atom. The summed E-state index contributed by atoms with van der Waals surface area (Å²) in [6, 6.07) is 3.71. The maximum Gasteiger partial charge on any atom is 0.244 e. The summed E-state index contributed by atoms with van der Waals surface area (Å²) in [5.41, 5.74) is 3.16. The Bertz CT molecular complexity index is 333. The van der Waals surface area contributed by atoms with Crippen LogP contribution in [0.4, 0.5) is 0 Å². The number of amides is 1. The maximum atomic E-state index is 11.9. The van der Waals surface area contributed by atoms with Crippen LogP contribution in [0.25, 0.3) is 0 Å². The summed E-state index contributed by atoms with van der Waals surface area (Å²) in [4.78, 5) is 15.8. The molecule has 1 rings (SSSR count). The third-order valence-electron chi connectivity index (χ3n) is 2.29. The van der Waals surface area contributed by atoms with Gasteiger partial charge in [-0.2, -0.15) is 0 Å². The number of carbonyl (C=O) groups is 1. The minimum Gasteiger partial charge on any atom is -0.289 e. The van der Waals surface area contributed by atoms with Gasteiger partial charge in [0.1, 0.15) is 0 Å². The normalized spacial score (nSPS) is 11.5. The molecule has 0 radical (unpaired) electrons. The molecular weight excluding hydrogens is 190 g/mol. The zero-order valence-corrected chi connectivity index (χ0v) is 9.61. The van der Waals surface area contributed by atoms with Crippen molar-refractivity contribution in [3.05, 3.63) is 30.1 Å². The SMILES string of the molecule is CN(C)NC(=O)C(C)(C)c1ccncc1. The second kappa shape index (κ2) is 4.40. The molecule has 0 saturated heterocycles. The fourth-order valence-corrected chi connectivity index (χ4v) is 1.24. The lowest BCUT2D eigenvalue weighted by atomic mass is 9.84. The van der Waals surface area contributed by atoms with Crippen molar-refractivity contribution in [2.45, 2.75) is 19.3 Å². The largest absolute Gasteiger partial charge is 0.289 e. The van der Waals surface area contributed by atoms with Gasteiger partial charge in [0.25, 0.3) is 0 Å². The molecule has 0 unspecified atom stereocenters. The predicted octanol–water partition coefficient (Wildman–Crippen LogP) is 0.952. The van der Waals surface area contributed by atoms with Crippen molar-refractivity contribution in [2.24, 2.45) is 0 Å². The van der Waals surface area contributed by atoms with Crippen LogP contribution in [-0.2, 0) is 10.2 Å². The first-order valence-corrected chi connectivity index (χ1v) is 4.83. The fraction of sp³-hybridized carbons (Fsp3) is 0.455. The summed E-state index contributed by atoms with van der Waals surface area (Å²) >= 11 is 0. The monoisotopic (exact) mass is 207 g/mol. The van der Waals surface area contributed by atoms with E-state index in [9.17, 15) is 4.79 Å². The number of nitrogens with one attached hydrogen (secondary N) is 1. The van der Waals surface area contributed by atoms with Gasteiger partial charge in [-0.25, -0.2) is 5.01 Å². The van der Waals surface area contributed by atoms with E-state index in [4.69, 9.17) is 0 Å². The summed E-state index contributed by atoms with van der Waals surface area (Å²) in [6.45, 7) is 3.78. The number of aromatic nitrogens is 1. The molecule has 0 atom stereocenters. The van der Waals surface area contributed by atoms with Crippen LogP contribution in [-0.4, -0.2) is 30.0 Å². The molecule has 4 nitrogen and oxygen atoms in total. The topological polar surface area (TPSA) is 45.2 Å². The first kappa shape index (κ1) is 11.7. The van der Waals surface area contributed by atoms with Gasteiger partial charge in [-0.3, -0.25) is 15.2 Å². The Labute approximate surface area is 90.3 Å². The third-order valence-corrected chi connectivity index (χ3v) is 2.29. The Balaban J connectivity index is 2.88. The Kier molecular flexibility index (Phi) is 3.42. The highest BCUT2D eigenvalue weighted by Gasteiger charge is 2.29. The van der Waals surface area contributed by atoms with Gasteiger partial charge in [0.2, 0.25) is 5.91 Å². The molecule has 1 amide bonds. The molecule has 1 aromatic heterocycles. The van der Waals surface area contributed by atoms with Gasteiger partial charge in [-0.1, -0.05) is 0 Å². The van der Waals surface area contributed by atoms with Crippen molar-refractivity contribution in [2.75, 3.05) is 14.1 Å². The molecule has 1 aromatic rings. The van der Waals surface area contributed by atoms with Crippen molar-refractivity contribution >= 4 is 5.91 Å². The highest BCUT2D eigenvalue weighted by molar-refractivity contribution is 5.86. The molecule has 0 aliphatic carbocycles. The van der Waals surface area contributed by atoms with Gasteiger partial charge in [0, 0.05) is 26.5 Å². The van der Waals surface area contributed by atoms with Gasteiger partial charge in [0.05, 0.1) is 5.41 Å². The summed E-state index contributed by atoms with van der Waals surface area (Å²) in [7, 11) is 3.58. The second-order valence-corrected chi connectivity index (χ2v) is 4.20. The van der Waals surface area contributed by atoms with E-state index in [2.05, 4.69) is 10.4 Å². The van der Waals surface area contributed by atoms with Crippen LogP contribution >= 0.6 is 0 Å². The number of carbonyl (C=O) groups excluding carboxylic acids is 1. The molecule has 0 saturated carbocycles. The summed E-state index contributed by atoms with van der Waals surface area (Å²) in [5, 5.41) is 1.64. The molecule has 0 aliphatic rings. The summed E-state index contributed by atoms with van der Waals surface area (Å²) < 4.78 is 0. The van der Waals surface area contributed by atoms with Crippen LogP contribution < -0.4 is 5.43 Å². The summed E-state index contributed by atoms with van der Waals surface area (Å²) in [6.07, 6.45) is 3.39. The zero-order chi connectivity index (χ0) is 11.5. The second-order valence-electron chi connectivity index (χ2n) is 4.20. The minimum absolute atomic E-state index is 0.0290. The first-order chi connectivity index (χ1) is 6.94. The first-order valence-electron chi connectivity index (χ1n) is 4.83. The lowest BCUT2D eigenvalue weighted by Crippen LogP contribution is -2.46. The molecule has 1 N–H and O–H groups in total. The van der Waals surface area contributed by atoms with Crippen molar-refractivity contribution in [3.63, 3.8) is 0 Å². The van der Waals surface area contributed by atoms with E-state index >= 15 is 0 Å². The number of rotatable bonds is 3. The average molecular weight is 207 g/mol. The number of pyridine rings is 1. The molecule has 1 heterocycles. The third kappa shape index (κ3) is 2.76. The van der Waals surface area contributed by atoms with Gasteiger partial charge in [0.15, 0.2) is 0 Å². The lowest BCUT2D eigenvalue weighted by molar-refractivity contribution is -0.129. The molecule has 0 fully saturated rings. The molecule has 0 spiro atoms. The van der Waals surface area contributed by atoms with E-state index in [1.807, 2.05) is 26.0 Å². The van der Waals surface area contributed by atoms with Crippen molar-refractivity contribution in [1.82, 2.24) is 15.4 Å². The van der Waals surface area contributed by atoms with Crippen LogP contribution in [0.2, 0.25) is 0 Å². The summed E-state index contributed by atoms with van der Waals surface area (Å²) in [5.74, 6) is -0.0290. The Morgan fingerprint density at radius 3 is 2.33 bits per heavy atom. The van der Waals surface area contributed by atoms with Gasteiger partial charge < -0.3 is 0 Å². The molecule has 0 aliphatic heterocycles. The molecule has 82 valence electrons. The molecule has 0 aromatic carbocycles. The number of hydrogen-bond acceptors (Lipinski definition) is 3. The smallest absolute Gasteiger partial charge is 0.244 e. The van der Waals surface area contributed by atoms with E-state index in [0.717, 1.165) is 5.56 Å². The number of hydrogen-bond donors (Lipinski definition) is 1. The molecule has 15 heavy (non-hydrogen) atoms. The number of hydrazine groups is 1. The molecule has 4 heteroatoms. The van der Waals surface area contributed by atoms with Crippen LogP contribution in [0.15, 0.2) is 24.5 Å². The predicted molar refractivity (Wildman–Crippen MR) is 59.1 cm³/mol. The quantitative estimate of drug-likeness (QED) is 0.751.